The molecule has 3 unspecified atom stereocenters. The fraction of sp³-hybridized carbons (Fsp3) is 0.647. The fourth-order valence-corrected chi connectivity index (χ4v) is 3.52. The Morgan fingerprint density at radius 2 is 1.95 bits per heavy atom. The van der Waals surface area contributed by atoms with Crippen LogP contribution >= 0.6 is 0 Å². The zero-order valence-electron chi connectivity index (χ0n) is 12.4. The van der Waals surface area contributed by atoms with E-state index in [4.69, 9.17) is 0 Å². The lowest BCUT2D eigenvalue weighted by atomic mass is 9.74. The standard InChI is InChI=1S/C17H23F3O/c1-2-13-7-3-4-9-15(13)16(21)11-12-6-5-8-14(10-12)17(18,19)20/h5-6,8,10,13,15-16,21H,2-4,7,9,11H2,1H3. The minimum Gasteiger partial charge on any atom is -0.392 e. The first kappa shape index (κ1) is 16.3. The van der Waals surface area contributed by atoms with E-state index in [0.29, 0.717) is 17.9 Å². The number of aliphatic hydroxyl groups excluding tert-OH is 1. The summed E-state index contributed by atoms with van der Waals surface area (Å²) in [5.41, 5.74) is -0.0689. The van der Waals surface area contributed by atoms with E-state index in [9.17, 15) is 18.3 Å². The molecule has 3 atom stereocenters. The minimum absolute atomic E-state index is 0.221. The van der Waals surface area contributed by atoms with Gasteiger partial charge in [-0.1, -0.05) is 50.8 Å². The van der Waals surface area contributed by atoms with E-state index in [-0.39, 0.29) is 5.92 Å². The van der Waals surface area contributed by atoms with Crippen LogP contribution in [0.1, 0.15) is 50.2 Å². The van der Waals surface area contributed by atoms with Crippen molar-refractivity contribution in [1.29, 1.82) is 0 Å². The summed E-state index contributed by atoms with van der Waals surface area (Å²) in [5.74, 6) is 0.720. The predicted molar refractivity (Wildman–Crippen MR) is 76.9 cm³/mol. The van der Waals surface area contributed by atoms with Crippen molar-refractivity contribution >= 4 is 0 Å². The molecule has 1 nitrogen and oxygen atoms in total. The molecule has 118 valence electrons. The highest BCUT2D eigenvalue weighted by Gasteiger charge is 2.32. The maximum absolute atomic E-state index is 12.7. The predicted octanol–water partition coefficient (Wildman–Crippen LogP) is 4.83. The number of aliphatic hydroxyl groups is 1. The van der Waals surface area contributed by atoms with Gasteiger partial charge in [0, 0.05) is 0 Å². The second kappa shape index (κ2) is 6.82. The van der Waals surface area contributed by atoms with Gasteiger partial charge in [0.1, 0.15) is 0 Å². The maximum atomic E-state index is 12.7. The highest BCUT2D eigenvalue weighted by molar-refractivity contribution is 5.26. The van der Waals surface area contributed by atoms with Crippen molar-refractivity contribution in [2.75, 3.05) is 0 Å². The normalized spacial score (nSPS) is 24.8. The Balaban J connectivity index is 2.06. The van der Waals surface area contributed by atoms with Gasteiger partial charge in [0.15, 0.2) is 0 Å². The quantitative estimate of drug-likeness (QED) is 0.844. The van der Waals surface area contributed by atoms with Crippen LogP contribution in [0.5, 0.6) is 0 Å². The lowest BCUT2D eigenvalue weighted by molar-refractivity contribution is -0.137. The summed E-state index contributed by atoms with van der Waals surface area (Å²) in [5, 5.41) is 10.4. The van der Waals surface area contributed by atoms with Crippen molar-refractivity contribution in [1.82, 2.24) is 0 Å². The smallest absolute Gasteiger partial charge is 0.392 e. The summed E-state index contributed by atoms with van der Waals surface area (Å²) < 4.78 is 38.1. The van der Waals surface area contributed by atoms with Crippen LogP contribution in [0, 0.1) is 11.8 Å². The van der Waals surface area contributed by atoms with Crippen molar-refractivity contribution in [3.8, 4) is 0 Å². The molecule has 1 aliphatic carbocycles. The highest BCUT2D eigenvalue weighted by Crippen LogP contribution is 2.36. The lowest BCUT2D eigenvalue weighted by Crippen LogP contribution is -2.32. The van der Waals surface area contributed by atoms with Crippen LogP contribution in [0.4, 0.5) is 13.2 Å². The molecule has 0 aromatic heterocycles. The Morgan fingerprint density at radius 1 is 1.24 bits per heavy atom. The zero-order chi connectivity index (χ0) is 15.5. The summed E-state index contributed by atoms with van der Waals surface area (Å²) >= 11 is 0. The Labute approximate surface area is 124 Å². The molecular formula is C17H23F3O. The summed E-state index contributed by atoms with van der Waals surface area (Å²) in [6, 6.07) is 5.32. The molecule has 21 heavy (non-hydrogen) atoms. The molecule has 1 fully saturated rings. The van der Waals surface area contributed by atoms with E-state index < -0.39 is 17.8 Å². The molecular weight excluding hydrogens is 277 g/mol. The third-order valence-corrected chi connectivity index (χ3v) is 4.69. The van der Waals surface area contributed by atoms with Crippen LogP contribution in [0.2, 0.25) is 0 Å². The van der Waals surface area contributed by atoms with Crippen molar-refractivity contribution < 1.29 is 18.3 Å². The molecule has 4 heteroatoms. The van der Waals surface area contributed by atoms with Gasteiger partial charge in [0.25, 0.3) is 0 Å². The number of rotatable bonds is 4. The average Bonchev–Trinajstić information content (AvgIpc) is 2.46. The lowest BCUT2D eigenvalue weighted by Gasteiger charge is -2.34. The van der Waals surface area contributed by atoms with Gasteiger partial charge in [-0.15, -0.1) is 0 Å². The van der Waals surface area contributed by atoms with Crippen LogP contribution in [-0.4, -0.2) is 11.2 Å². The largest absolute Gasteiger partial charge is 0.416 e. The Hall–Kier alpha value is -1.03. The van der Waals surface area contributed by atoms with Crippen LogP contribution < -0.4 is 0 Å². The van der Waals surface area contributed by atoms with E-state index in [1.807, 2.05) is 0 Å². The molecule has 0 heterocycles. The minimum atomic E-state index is -4.32. The average molecular weight is 300 g/mol. The number of halogens is 3. The van der Waals surface area contributed by atoms with Crippen LogP contribution in [0.25, 0.3) is 0 Å². The van der Waals surface area contributed by atoms with Crippen molar-refractivity contribution in [3.05, 3.63) is 35.4 Å². The maximum Gasteiger partial charge on any atom is 0.416 e. The zero-order valence-corrected chi connectivity index (χ0v) is 12.4. The number of hydrogen-bond acceptors (Lipinski definition) is 1. The number of hydrogen-bond donors (Lipinski definition) is 1. The van der Waals surface area contributed by atoms with E-state index in [0.717, 1.165) is 37.8 Å². The topological polar surface area (TPSA) is 20.2 Å². The van der Waals surface area contributed by atoms with Gasteiger partial charge in [-0.05, 0) is 36.3 Å². The van der Waals surface area contributed by atoms with Crippen molar-refractivity contribution in [3.63, 3.8) is 0 Å². The monoisotopic (exact) mass is 300 g/mol. The Morgan fingerprint density at radius 3 is 2.62 bits per heavy atom. The summed E-state index contributed by atoms with van der Waals surface area (Å²) in [7, 11) is 0. The summed E-state index contributed by atoms with van der Waals surface area (Å²) in [6.07, 6.45) is 0.900. The molecule has 1 aromatic rings. The molecule has 0 spiro atoms. The molecule has 1 N–H and O–H groups in total. The number of alkyl halides is 3. The molecule has 0 amide bonds. The van der Waals surface area contributed by atoms with Gasteiger partial charge in [0.2, 0.25) is 0 Å². The molecule has 1 aromatic carbocycles. The van der Waals surface area contributed by atoms with Crippen LogP contribution in [0.3, 0.4) is 0 Å². The van der Waals surface area contributed by atoms with Gasteiger partial charge in [-0.2, -0.15) is 13.2 Å². The van der Waals surface area contributed by atoms with Crippen molar-refractivity contribution in [2.24, 2.45) is 11.8 Å². The molecule has 2 rings (SSSR count). The molecule has 1 aliphatic rings. The number of benzene rings is 1. The summed E-state index contributed by atoms with van der Waals surface area (Å²) in [6.45, 7) is 2.12. The third kappa shape index (κ3) is 4.22. The first-order valence-electron chi connectivity index (χ1n) is 7.76. The van der Waals surface area contributed by atoms with Crippen LogP contribution in [-0.2, 0) is 12.6 Å². The van der Waals surface area contributed by atoms with Gasteiger partial charge < -0.3 is 5.11 Å². The third-order valence-electron chi connectivity index (χ3n) is 4.69. The molecule has 0 radical (unpaired) electrons. The molecule has 1 saturated carbocycles. The SMILES string of the molecule is CCC1CCCCC1C(O)Cc1cccc(C(F)(F)F)c1. The van der Waals surface area contributed by atoms with Gasteiger partial charge >= 0.3 is 6.18 Å². The van der Waals surface area contributed by atoms with Gasteiger partial charge in [0.05, 0.1) is 11.7 Å². The first-order valence-corrected chi connectivity index (χ1v) is 7.76. The van der Waals surface area contributed by atoms with Crippen molar-refractivity contribution in [2.45, 2.75) is 57.7 Å². The summed E-state index contributed by atoms with van der Waals surface area (Å²) in [4.78, 5) is 0. The first-order chi connectivity index (χ1) is 9.91. The molecule has 0 aliphatic heterocycles. The van der Waals surface area contributed by atoms with Crippen LogP contribution in [0.15, 0.2) is 24.3 Å². The second-order valence-electron chi connectivity index (χ2n) is 6.09. The van der Waals surface area contributed by atoms with E-state index in [1.165, 1.54) is 12.5 Å². The second-order valence-corrected chi connectivity index (χ2v) is 6.09. The van der Waals surface area contributed by atoms with E-state index in [2.05, 4.69) is 6.92 Å². The molecule has 0 saturated heterocycles. The molecule has 0 bridgehead atoms. The highest BCUT2D eigenvalue weighted by atomic mass is 19.4. The Bertz CT molecular complexity index is 456. The van der Waals surface area contributed by atoms with E-state index in [1.54, 1.807) is 6.07 Å². The van der Waals surface area contributed by atoms with Gasteiger partial charge in [-0.3, -0.25) is 0 Å². The van der Waals surface area contributed by atoms with E-state index >= 15 is 0 Å². The fourth-order valence-electron chi connectivity index (χ4n) is 3.52. The van der Waals surface area contributed by atoms with Gasteiger partial charge in [-0.25, -0.2) is 0 Å². The Kier molecular flexibility index (Phi) is 5.31.